The molecule has 7 nitrogen and oxygen atoms in total. The van der Waals surface area contributed by atoms with Crippen molar-refractivity contribution >= 4 is 23.4 Å². The molecule has 0 fully saturated rings. The van der Waals surface area contributed by atoms with Crippen LogP contribution in [0.1, 0.15) is 251 Å². The predicted molar refractivity (Wildman–Crippen MR) is 278 cm³/mol. The van der Waals surface area contributed by atoms with Crippen molar-refractivity contribution in [3.8, 4) is 0 Å². The molecule has 2 rings (SSSR count). The third-order valence-corrected chi connectivity index (χ3v) is 13.8. The number of halogens is 2. The second-order valence-corrected chi connectivity index (χ2v) is 20.9. The lowest BCUT2D eigenvalue weighted by molar-refractivity contribution is -0.131. The molecule has 0 saturated carbocycles. The molecule has 9 heteroatoms. The largest absolute Gasteiger partial charge is 0.383 e. The van der Waals surface area contributed by atoms with E-state index in [2.05, 4.69) is 24.5 Å². The van der Waals surface area contributed by atoms with E-state index in [1.54, 1.807) is 0 Å². The van der Waals surface area contributed by atoms with Gasteiger partial charge < -0.3 is 15.7 Å². The van der Waals surface area contributed by atoms with Crippen molar-refractivity contribution in [2.75, 3.05) is 0 Å². The lowest BCUT2D eigenvalue weighted by atomic mass is 9.80. The Morgan fingerprint density at radius 3 is 1.47 bits per heavy atom. The summed E-state index contributed by atoms with van der Waals surface area (Å²) in [5.41, 5.74) is 0.598. The molecule has 3 atom stereocenters. The number of rotatable bonds is 44. The fourth-order valence-corrected chi connectivity index (χ4v) is 9.25. The number of Topliss-reactive ketones (excluding diaryl/α,β-unsaturated/α-hetero) is 2. The van der Waals surface area contributed by atoms with E-state index >= 15 is 0 Å². The van der Waals surface area contributed by atoms with Crippen LogP contribution in [0, 0.1) is 17.0 Å². The fraction of sp³-hybridized carbons (Fsp3) is 0.729. The van der Waals surface area contributed by atoms with Gasteiger partial charge in [0.15, 0.2) is 5.78 Å². The number of unbranched alkanes of at least 4 members (excludes halogenated alkanes) is 24. The highest BCUT2D eigenvalue weighted by Gasteiger charge is 2.30. The van der Waals surface area contributed by atoms with Crippen LogP contribution >= 0.6 is 0 Å². The molecular weight excluding hydrogens is 855 g/mol. The Bertz CT molecular complexity index is 1630. The van der Waals surface area contributed by atoms with Gasteiger partial charge in [0.1, 0.15) is 23.5 Å². The molecule has 68 heavy (non-hydrogen) atoms. The van der Waals surface area contributed by atoms with E-state index in [0.29, 0.717) is 32.1 Å². The third-order valence-electron chi connectivity index (χ3n) is 13.8. The van der Waals surface area contributed by atoms with E-state index in [1.165, 1.54) is 122 Å². The Kier molecular flexibility index (Phi) is 34.2. The number of ketones is 2. The molecule has 386 valence electrons. The van der Waals surface area contributed by atoms with Crippen LogP contribution < -0.4 is 10.6 Å². The Labute approximate surface area is 413 Å². The summed E-state index contributed by atoms with van der Waals surface area (Å²) >= 11 is 0. The molecular formula is C59H96F2N2O5. The maximum absolute atomic E-state index is 14.7. The van der Waals surface area contributed by atoms with Gasteiger partial charge in [-0.05, 0) is 73.3 Å². The van der Waals surface area contributed by atoms with Crippen molar-refractivity contribution in [2.24, 2.45) is 5.41 Å². The van der Waals surface area contributed by atoms with Crippen molar-refractivity contribution < 1.29 is 33.1 Å². The van der Waals surface area contributed by atoms with E-state index in [-0.39, 0.29) is 54.6 Å². The molecule has 2 aromatic rings. The van der Waals surface area contributed by atoms with Gasteiger partial charge in [-0.2, -0.15) is 0 Å². The van der Waals surface area contributed by atoms with Gasteiger partial charge in [0.25, 0.3) is 0 Å². The number of nitrogens with one attached hydrogen (secondary N) is 2. The van der Waals surface area contributed by atoms with Crippen LogP contribution in [0.25, 0.3) is 0 Å². The van der Waals surface area contributed by atoms with Gasteiger partial charge in [-0.25, -0.2) is 8.78 Å². The fourth-order valence-electron chi connectivity index (χ4n) is 9.25. The Balaban J connectivity index is 1.82. The molecule has 2 amide bonds. The van der Waals surface area contributed by atoms with Crippen LogP contribution in [0.15, 0.2) is 48.5 Å². The van der Waals surface area contributed by atoms with E-state index in [0.717, 1.165) is 68.7 Å². The molecule has 0 saturated heterocycles. The van der Waals surface area contributed by atoms with Crippen LogP contribution in [0.3, 0.4) is 0 Å². The topological polar surface area (TPSA) is 113 Å². The summed E-state index contributed by atoms with van der Waals surface area (Å²) in [6.07, 6.45) is 32.3. The number of amides is 2. The number of benzene rings is 2. The van der Waals surface area contributed by atoms with Crippen LogP contribution in [0.5, 0.6) is 0 Å². The highest BCUT2D eigenvalue weighted by Crippen LogP contribution is 2.30. The summed E-state index contributed by atoms with van der Waals surface area (Å²) < 4.78 is 28.9. The Hall–Kier alpha value is -3.46. The van der Waals surface area contributed by atoms with Gasteiger partial charge >= 0.3 is 0 Å². The molecule has 0 radical (unpaired) electrons. The first kappa shape index (κ1) is 60.7. The van der Waals surface area contributed by atoms with Crippen molar-refractivity contribution in [1.29, 1.82) is 0 Å². The summed E-state index contributed by atoms with van der Waals surface area (Å²) in [5, 5.41) is 17.3. The van der Waals surface area contributed by atoms with E-state index in [1.807, 2.05) is 44.2 Å². The number of carbonyl (C=O) groups excluding carboxylic acids is 4. The maximum Gasteiger partial charge on any atom is 0.220 e. The molecule has 0 aliphatic rings. The van der Waals surface area contributed by atoms with Crippen LogP contribution in [0.2, 0.25) is 0 Å². The molecule has 3 unspecified atom stereocenters. The highest BCUT2D eigenvalue weighted by atomic mass is 19.1. The second-order valence-electron chi connectivity index (χ2n) is 20.9. The normalized spacial score (nSPS) is 13.0. The van der Waals surface area contributed by atoms with Gasteiger partial charge in [0, 0.05) is 38.1 Å². The Morgan fingerprint density at radius 1 is 0.544 bits per heavy atom. The zero-order valence-electron chi connectivity index (χ0n) is 43.4. The highest BCUT2D eigenvalue weighted by molar-refractivity contribution is 5.85. The quantitative estimate of drug-likeness (QED) is 0.0573. The first-order valence-corrected chi connectivity index (χ1v) is 27.6. The molecule has 3 N–H and O–H groups in total. The van der Waals surface area contributed by atoms with Crippen LogP contribution in [0.4, 0.5) is 8.78 Å². The first-order chi connectivity index (χ1) is 32.8. The minimum atomic E-state index is -1.38. The minimum absolute atomic E-state index is 0.00442. The van der Waals surface area contributed by atoms with E-state index in [9.17, 15) is 33.1 Å². The van der Waals surface area contributed by atoms with Crippen molar-refractivity contribution in [2.45, 2.75) is 271 Å². The first-order valence-electron chi connectivity index (χ1n) is 27.6. The van der Waals surface area contributed by atoms with Crippen molar-refractivity contribution in [3.05, 3.63) is 71.3 Å². The third kappa shape index (κ3) is 30.9. The van der Waals surface area contributed by atoms with Gasteiger partial charge in [-0.3, -0.25) is 19.2 Å². The lowest BCUT2D eigenvalue weighted by Gasteiger charge is -2.27. The minimum Gasteiger partial charge on any atom is -0.383 e. The summed E-state index contributed by atoms with van der Waals surface area (Å²) in [6, 6.07) is 11.4. The summed E-state index contributed by atoms with van der Waals surface area (Å²) in [4.78, 5) is 53.2. The zero-order chi connectivity index (χ0) is 49.7. The molecule has 2 aromatic carbocycles. The number of carbonyl (C=O) groups is 4. The second kappa shape index (κ2) is 38.3. The zero-order valence-corrected chi connectivity index (χ0v) is 43.4. The Morgan fingerprint density at radius 2 is 0.985 bits per heavy atom. The van der Waals surface area contributed by atoms with Gasteiger partial charge in [0.2, 0.25) is 11.8 Å². The van der Waals surface area contributed by atoms with Crippen molar-refractivity contribution in [1.82, 2.24) is 10.6 Å². The average molecular weight is 951 g/mol. The standard InChI is InChI=1S/C59H96F2N2O5/c1-5-7-9-11-13-15-17-19-21-23-25-27-32-36-56(66)62-51(46-49-45-50(60)38-39-53(49)61)47-52(64)40-42-59(3,4)43-41-55(65)58(68)54(44-48-34-30-29-31-35-48)63-57(67)37-33-28-26-24-22-20-18-16-14-12-10-8-6-2/h29-31,34-35,38-39,45,51,54,58,68H,5-28,32-33,36-37,40-44,46-47H2,1-4H3,(H,62,66)(H,63,67). The number of hydrogen-bond acceptors (Lipinski definition) is 5. The molecule has 0 heterocycles. The monoisotopic (exact) mass is 951 g/mol. The molecule has 0 spiro atoms. The summed E-state index contributed by atoms with van der Waals surface area (Å²) in [6.45, 7) is 8.45. The van der Waals surface area contributed by atoms with Gasteiger partial charge in [-0.15, -0.1) is 0 Å². The summed E-state index contributed by atoms with van der Waals surface area (Å²) in [5.74, 6) is -1.97. The van der Waals surface area contributed by atoms with Crippen LogP contribution in [-0.4, -0.2) is 46.7 Å². The van der Waals surface area contributed by atoms with E-state index in [4.69, 9.17) is 0 Å². The lowest BCUT2D eigenvalue weighted by Crippen LogP contribution is -2.48. The predicted octanol–water partition coefficient (Wildman–Crippen LogP) is 15.2. The van der Waals surface area contributed by atoms with Crippen LogP contribution in [-0.2, 0) is 32.0 Å². The maximum atomic E-state index is 14.7. The van der Waals surface area contributed by atoms with Crippen molar-refractivity contribution in [3.63, 3.8) is 0 Å². The molecule has 0 aliphatic heterocycles. The van der Waals surface area contributed by atoms with Gasteiger partial charge in [0.05, 0.1) is 6.04 Å². The molecule has 0 bridgehead atoms. The number of hydrogen-bond donors (Lipinski definition) is 3. The molecule has 0 aliphatic carbocycles. The average Bonchev–Trinajstić information content (AvgIpc) is 3.31. The SMILES string of the molecule is CCCCCCCCCCCCCCCC(=O)NC(CC(=O)CCC(C)(C)CCC(=O)C(O)C(Cc1ccccc1)NC(=O)CCCCCCCCCCCCCCC)Cc1cc(F)ccc1F. The number of aliphatic hydroxyl groups is 1. The smallest absolute Gasteiger partial charge is 0.220 e. The van der Waals surface area contributed by atoms with Gasteiger partial charge in [-0.1, -0.05) is 212 Å². The number of aliphatic hydroxyl groups excluding tert-OH is 1. The molecule has 0 aromatic heterocycles. The summed E-state index contributed by atoms with van der Waals surface area (Å²) in [7, 11) is 0. The van der Waals surface area contributed by atoms with E-state index < -0.39 is 35.2 Å².